The highest BCUT2D eigenvalue weighted by Gasteiger charge is 2.63. The minimum atomic E-state index is -0.645. The van der Waals surface area contributed by atoms with Gasteiger partial charge >= 0.3 is 12.2 Å². The van der Waals surface area contributed by atoms with Crippen LogP contribution in [0.1, 0.15) is 35.1 Å². The molecule has 18 heteroatoms. The van der Waals surface area contributed by atoms with Crippen LogP contribution in [0.25, 0.3) is 21.8 Å². The first kappa shape index (κ1) is 47.5. The smallest absolute Gasteiger partial charge is 0.410 e. The molecule has 2 aliphatic carbocycles. The lowest BCUT2D eigenvalue weighted by atomic mass is 9.93. The first-order valence-corrected chi connectivity index (χ1v) is 24.6. The van der Waals surface area contributed by atoms with Gasteiger partial charge in [0.1, 0.15) is 37.5 Å². The number of fused-ring (bicyclic) bond motifs is 4. The number of hydrogen-bond donors (Lipinski definition) is 2. The van der Waals surface area contributed by atoms with Crippen molar-refractivity contribution in [3.8, 4) is 0 Å². The minimum Gasteiger partial charge on any atom is -0.445 e. The van der Waals surface area contributed by atoms with Crippen LogP contribution in [0.4, 0.5) is 41.4 Å². The van der Waals surface area contributed by atoms with Gasteiger partial charge in [-0.3, -0.25) is 0 Å². The molecule has 2 aliphatic heterocycles. The zero-order valence-electron chi connectivity index (χ0n) is 38.1. The number of anilines is 4. The van der Waals surface area contributed by atoms with Gasteiger partial charge in [-0.25, -0.2) is 38.3 Å². The molecule has 0 radical (unpaired) electrons. The van der Waals surface area contributed by atoms with Gasteiger partial charge < -0.3 is 29.9 Å². The molecule has 72 heavy (non-hydrogen) atoms. The summed E-state index contributed by atoms with van der Waals surface area (Å²) in [6.45, 7) is 3.01. The fourth-order valence-electron chi connectivity index (χ4n) is 10.2. The number of nitrogens with zero attached hydrogens (tertiary/aromatic N) is 6. The summed E-state index contributed by atoms with van der Waals surface area (Å²) in [4.78, 5) is 46.4. The molecule has 8 aromatic rings. The number of benzene rings is 6. The third-order valence-electron chi connectivity index (χ3n) is 14.2. The quantitative estimate of drug-likeness (QED) is 0.127. The summed E-state index contributed by atoms with van der Waals surface area (Å²) in [6, 6.07) is 37.4. The molecule has 2 saturated heterocycles. The summed E-state index contributed by atoms with van der Waals surface area (Å²) < 4.78 is 40.4. The van der Waals surface area contributed by atoms with E-state index in [0.29, 0.717) is 49.7 Å². The van der Waals surface area contributed by atoms with Gasteiger partial charge in [-0.05, 0) is 95.5 Å². The van der Waals surface area contributed by atoms with Crippen LogP contribution in [0.5, 0.6) is 0 Å². The van der Waals surface area contributed by atoms with Crippen molar-refractivity contribution in [2.24, 2.45) is 11.8 Å². The number of halogens is 6. The Morgan fingerprint density at radius 3 is 1.40 bits per heavy atom. The minimum absolute atomic E-state index is 0.123. The topological polar surface area (TPSA) is 135 Å². The molecule has 2 aromatic heterocycles. The first-order valence-electron chi connectivity index (χ1n) is 23.1. The second-order valence-corrected chi connectivity index (χ2v) is 20.1. The van der Waals surface area contributed by atoms with E-state index in [4.69, 9.17) is 55.9 Å². The summed E-state index contributed by atoms with van der Waals surface area (Å²) >= 11 is 23.8. The SMILES string of the molecule is O=C(OCc1ccccc1)N1CC2CC2(c2ccc3ncnc(Nc4ccc(Cl)c(Cl)c4F)c3c2)C1.O=C(OCc1ccccc1)N1C[C@H]2C[C@@]2(c2ccc3ncnc(Nc4ccc(Cl)c(Cl)c4F)c3c2)C1. The molecular formula is C54H42Cl4F2N8O4. The lowest BCUT2D eigenvalue weighted by Gasteiger charge is -2.21. The predicted octanol–water partition coefficient (Wildman–Crippen LogP) is 13.5. The van der Waals surface area contributed by atoms with Crippen molar-refractivity contribution >= 4 is 103 Å². The van der Waals surface area contributed by atoms with Crippen molar-refractivity contribution in [2.75, 3.05) is 36.8 Å². The van der Waals surface area contributed by atoms with E-state index in [1.807, 2.05) is 84.9 Å². The summed E-state index contributed by atoms with van der Waals surface area (Å²) in [5, 5.41) is 7.56. The number of ether oxygens (including phenoxy) is 2. The lowest BCUT2D eigenvalue weighted by molar-refractivity contribution is 0.0991. The Morgan fingerprint density at radius 2 is 0.986 bits per heavy atom. The first-order chi connectivity index (χ1) is 34.9. The van der Waals surface area contributed by atoms with Gasteiger partial charge in [0.15, 0.2) is 11.6 Å². The normalized spacial score (nSPS) is 20.3. The van der Waals surface area contributed by atoms with Gasteiger partial charge in [0.05, 0.1) is 42.5 Å². The van der Waals surface area contributed by atoms with Crippen LogP contribution in [-0.2, 0) is 33.5 Å². The number of aromatic nitrogens is 4. The number of hydrogen-bond acceptors (Lipinski definition) is 10. The Morgan fingerprint density at radius 1 is 0.569 bits per heavy atom. The molecule has 0 bridgehead atoms. The van der Waals surface area contributed by atoms with E-state index in [-0.39, 0.29) is 67.7 Å². The molecule has 12 rings (SSSR count). The predicted molar refractivity (Wildman–Crippen MR) is 274 cm³/mol. The Labute approximate surface area is 432 Å². The van der Waals surface area contributed by atoms with Gasteiger partial charge in [-0.2, -0.15) is 0 Å². The molecule has 0 spiro atoms. The third kappa shape index (κ3) is 9.17. The van der Waals surface area contributed by atoms with Crippen LogP contribution in [-0.4, -0.2) is 68.1 Å². The molecule has 4 aliphatic rings. The molecule has 2 unspecified atom stereocenters. The fourth-order valence-corrected chi connectivity index (χ4v) is 10.8. The van der Waals surface area contributed by atoms with Crippen molar-refractivity contribution in [3.63, 3.8) is 0 Å². The highest BCUT2D eigenvalue weighted by atomic mass is 35.5. The van der Waals surface area contributed by atoms with Crippen LogP contribution < -0.4 is 10.6 Å². The maximum atomic E-state index is 14.7. The van der Waals surface area contributed by atoms with Gasteiger partial charge in [0.25, 0.3) is 0 Å². The van der Waals surface area contributed by atoms with Gasteiger partial charge in [0.2, 0.25) is 0 Å². The third-order valence-corrected chi connectivity index (χ3v) is 15.8. The van der Waals surface area contributed by atoms with Crippen LogP contribution in [0.3, 0.4) is 0 Å². The monoisotopic (exact) mass is 1040 g/mol. The van der Waals surface area contributed by atoms with Gasteiger partial charge in [-0.1, -0.05) is 119 Å². The van der Waals surface area contributed by atoms with Gasteiger partial charge in [-0.15, -0.1) is 0 Å². The Bertz CT molecular complexity index is 3200. The van der Waals surface area contributed by atoms with E-state index >= 15 is 0 Å². The highest BCUT2D eigenvalue weighted by molar-refractivity contribution is 6.42. The molecule has 4 fully saturated rings. The molecule has 2 amide bonds. The number of carbonyl (C=O) groups is 2. The lowest BCUT2D eigenvalue weighted by Crippen LogP contribution is -2.33. The van der Waals surface area contributed by atoms with Crippen LogP contribution in [0, 0.1) is 23.5 Å². The number of nitrogens with one attached hydrogen (secondary N) is 2. The second-order valence-electron chi connectivity index (χ2n) is 18.6. The average molecular weight is 1050 g/mol. The molecule has 2 saturated carbocycles. The van der Waals surface area contributed by atoms with E-state index in [2.05, 4.69) is 42.7 Å². The zero-order valence-corrected chi connectivity index (χ0v) is 41.1. The van der Waals surface area contributed by atoms with E-state index in [1.165, 1.54) is 36.9 Å². The summed E-state index contributed by atoms with van der Waals surface area (Å²) in [6.07, 6.45) is 4.26. The molecule has 4 atom stereocenters. The Hall–Kier alpha value is -6.84. The van der Waals surface area contributed by atoms with E-state index in [1.54, 1.807) is 9.80 Å². The van der Waals surface area contributed by atoms with Crippen molar-refractivity contribution in [1.29, 1.82) is 0 Å². The Kier molecular flexibility index (Phi) is 12.7. The van der Waals surface area contributed by atoms with Crippen molar-refractivity contribution in [3.05, 3.63) is 188 Å². The average Bonchev–Trinajstić information content (AvgIpc) is 4.21. The van der Waals surface area contributed by atoms with E-state index in [9.17, 15) is 18.4 Å². The second kappa shape index (κ2) is 19.3. The van der Waals surface area contributed by atoms with E-state index < -0.39 is 11.6 Å². The zero-order chi connectivity index (χ0) is 49.7. The summed E-state index contributed by atoms with van der Waals surface area (Å²) in [5.41, 5.74) is 5.66. The summed E-state index contributed by atoms with van der Waals surface area (Å²) in [5.74, 6) is 0.372. The highest BCUT2D eigenvalue weighted by Crippen LogP contribution is 2.60. The molecule has 2 N–H and O–H groups in total. The van der Waals surface area contributed by atoms with Crippen molar-refractivity contribution in [1.82, 2.24) is 29.7 Å². The van der Waals surface area contributed by atoms with Crippen molar-refractivity contribution in [2.45, 2.75) is 36.9 Å². The standard InChI is InChI=1S/2C27H21Cl2FN4O2/c2*28-20-7-9-22(24(30)23(20)29)33-25-19-10-17(6-8-21(19)31-15-32-25)27-11-18(27)12-34(14-27)26(35)36-13-16-4-2-1-3-5-16/h2*1-10,15,18H,11-14H2,(H,31,32,33)/t18-,27+;/m1./s1. The molecular weight excluding hydrogens is 1000 g/mol. The number of rotatable bonds is 10. The van der Waals surface area contributed by atoms with Crippen LogP contribution >= 0.6 is 46.4 Å². The number of amides is 2. The molecule has 6 aromatic carbocycles. The Balaban J connectivity index is 0.000000156. The fraction of sp³-hybridized carbons (Fsp3) is 0.222. The van der Waals surface area contributed by atoms with Crippen LogP contribution in [0.2, 0.25) is 20.1 Å². The number of piperidine rings is 2. The molecule has 364 valence electrons. The molecule has 12 nitrogen and oxygen atoms in total. The maximum Gasteiger partial charge on any atom is 0.410 e. The summed E-state index contributed by atoms with van der Waals surface area (Å²) in [7, 11) is 0. The van der Waals surface area contributed by atoms with Gasteiger partial charge in [0, 0.05) is 47.8 Å². The largest absolute Gasteiger partial charge is 0.445 e. The number of likely N-dealkylation sites (tertiary alicyclic amines) is 2. The van der Waals surface area contributed by atoms with Crippen molar-refractivity contribution < 1.29 is 27.8 Å². The molecule has 4 heterocycles. The van der Waals surface area contributed by atoms with Crippen LogP contribution in [0.15, 0.2) is 134 Å². The van der Waals surface area contributed by atoms with E-state index in [0.717, 1.165) is 56.9 Å². The maximum absolute atomic E-state index is 14.7. The number of carbonyl (C=O) groups excluding carboxylic acids is 2.